The Morgan fingerprint density at radius 2 is 1.02 bits per heavy atom. The topological polar surface area (TPSA) is 113 Å². The van der Waals surface area contributed by atoms with Gasteiger partial charge in [-0.3, -0.25) is 14.4 Å². The Morgan fingerprint density at radius 3 is 1.49 bits per heavy atom. The standard InChI is InChI=1S/C41H80N2O8/c1-7-9-11-13-15-17-19-21-23-25-27-30-38(44)47-34-37(51-39(45)31-28-26-24-22-20-18-16-14-12-10-8-2)35-48-40(46)42-32-29-33-50-43(6)36-49-41(3,4)5/h37H,7-36H2,1-6H3,(H,42,46). The number of hydrogen-bond acceptors (Lipinski definition) is 9. The van der Waals surface area contributed by atoms with Gasteiger partial charge in [0.05, 0.1) is 12.2 Å². The fraction of sp³-hybridized carbons (Fsp3) is 0.927. The second-order valence-electron chi connectivity index (χ2n) is 15.1. The molecular formula is C41H80N2O8. The average molecular weight is 729 g/mol. The number of rotatable bonds is 36. The minimum atomic E-state index is -0.850. The van der Waals surface area contributed by atoms with Crippen molar-refractivity contribution in [2.45, 2.75) is 207 Å². The summed E-state index contributed by atoms with van der Waals surface area (Å²) >= 11 is 0. The number of amides is 1. The second-order valence-corrected chi connectivity index (χ2v) is 15.1. The van der Waals surface area contributed by atoms with Crippen molar-refractivity contribution in [1.29, 1.82) is 0 Å². The van der Waals surface area contributed by atoms with Crippen molar-refractivity contribution >= 4 is 18.0 Å². The fourth-order valence-electron chi connectivity index (χ4n) is 5.51. The number of esters is 2. The number of nitrogens with one attached hydrogen (secondary N) is 1. The number of ether oxygens (including phenoxy) is 4. The molecule has 0 aromatic carbocycles. The first kappa shape index (κ1) is 49.1. The molecule has 0 saturated heterocycles. The van der Waals surface area contributed by atoms with Crippen LogP contribution in [0.4, 0.5) is 4.79 Å². The third-order valence-electron chi connectivity index (χ3n) is 8.68. The van der Waals surface area contributed by atoms with Crippen molar-refractivity contribution < 1.29 is 38.2 Å². The molecule has 1 amide bonds. The molecule has 0 spiro atoms. The number of hydrogen-bond donors (Lipinski definition) is 1. The number of alkyl carbamates (subject to hydrolysis) is 1. The third kappa shape index (κ3) is 37.6. The van der Waals surface area contributed by atoms with Crippen LogP contribution in [-0.2, 0) is 33.4 Å². The van der Waals surface area contributed by atoms with Crippen molar-refractivity contribution in [3.63, 3.8) is 0 Å². The molecule has 10 nitrogen and oxygen atoms in total. The van der Waals surface area contributed by atoms with E-state index in [-0.39, 0.29) is 30.8 Å². The molecule has 0 aliphatic rings. The van der Waals surface area contributed by atoms with Crippen LogP contribution < -0.4 is 5.32 Å². The zero-order valence-electron chi connectivity index (χ0n) is 34.0. The van der Waals surface area contributed by atoms with Gasteiger partial charge in [0.1, 0.15) is 19.9 Å². The van der Waals surface area contributed by atoms with Crippen LogP contribution in [0.2, 0.25) is 0 Å². The summed E-state index contributed by atoms with van der Waals surface area (Å²) in [7, 11) is 1.79. The molecule has 10 heteroatoms. The van der Waals surface area contributed by atoms with E-state index in [2.05, 4.69) is 19.2 Å². The molecule has 0 aliphatic heterocycles. The zero-order chi connectivity index (χ0) is 37.8. The molecule has 0 rings (SSSR count). The minimum Gasteiger partial charge on any atom is -0.462 e. The van der Waals surface area contributed by atoms with Gasteiger partial charge >= 0.3 is 18.0 Å². The summed E-state index contributed by atoms with van der Waals surface area (Å²) < 4.78 is 22.1. The van der Waals surface area contributed by atoms with E-state index in [1.54, 1.807) is 12.1 Å². The number of hydroxylamine groups is 2. The maximum absolute atomic E-state index is 12.6. The van der Waals surface area contributed by atoms with Gasteiger partial charge in [-0.2, -0.15) is 5.06 Å². The maximum Gasteiger partial charge on any atom is 0.407 e. The number of carbonyl (C=O) groups excluding carboxylic acids is 3. The Hall–Kier alpha value is -1.91. The Balaban J connectivity index is 4.43. The van der Waals surface area contributed by atoms with E-state index in [0.29, 0.717) is 39.1 Å². The predicted molar refractivity (Wildman–Crippen MR) is 206 cm³/mol. The third-order valence-corrected chi connectivity index (χ3v) is 8.68. The predicted octanol–water partition coefficient (Wildman–Crippen LogP) is 10.6. The van der Waals surface area contributed by atoms with Gasteiger partial charge in [-0.05, 0) is 40.0 Å². The van der Waals surface area contributed by atoms with E-state index in [0.717, 1.165) is 38.5 Å². The minimum absolute atomic E-state index is 0.134. The fourth-order valence-corrected chi connectivity index (χ4v) is 5.51. The molecule has 0 heterocycles. The van der Waals surface area contributed by atoms with E-state index in [1.807, 2.05) is 20.8 Å². The second kappa shape index (κ2) is 35.1. The normalized spacial score (nSPS) is 12.2. The molecule has 302 valence electrons. The van der Waals surface area contributed by atoms with E-state index in [1.165, 1.54) is 103 Å². The average Bonchev–Trinajstić information content (AvgIpc) is 3.09. The van der Waals surface area contributed by atoms with E-state index < -0.39 is 12.2 Å². The highest BCUT2D eigenvalue weighted by atomic mass is 16.7. The van der Waals surface area contributed by atoms with Crippen molar-refractivity contribution in [3.8, 4) is 0 Å². The van der Waals surface area contributed by atoms with Gasteiger partial charge in [0.2, 0.25) is 0 Å². The zero-order valence-corrected chi connectivity index (χ0v) is 34.0. The van der Waals surface area contributed by atoms with Crippen molar-refractivity contribution in [3.05, 3.63) is 0 Å². The van der Waals surface area contributed by atoms with Crippen LogP contribution in [0.5, 0.6) is 0 Å². The molecular weight excluding hydrogens is 648 g/mol. The lowest BCUT2D eigenvalue weighted by molar-refractivity contribution is -0.213. The SMILES string of the molecule is CCCCCCCCCCCCCC(=O)OCC(COC(=O)NCCCON(C)COC(C)(C)C)OC(=O)CCCCCCCCCCCCC. The van der Waals surface area contributed by atoms with Gasteiger partial charge < -0.3 is 24.3 Å². The summed E-state index contributed by atoms with van der Waals surface area (Å²) in [5, 5.41) is 4.29. The lowest BCUT2D eigenvalue weighted by Crippen LogP contribution is -2.34. The number of carbonyl (C=O) groups is 3. The summed E-state index contributed by atoms with van der Waals surface area (Å²) in [5.41, 5.74) is -0.257. The van der Waals surface area contributed by atoms with Gasteiger partial charge in [0, 0.05) is 26.4 Å². The molecule has 1 atom stereocenters. The van der Waals surface area contributed by atoms with Gasteiger partial charge in [-0.25, -0.2) is 4.79 Å². The quantitative estimate of drug-likeness (QED) is 0.0221. The first-order chi connectivity index (χ1) is 24.6. The largest absolute Gasteiger partial charge is 0.462 e. The first-order valence-electron chi connectivity index (χ1n) is 20.8. The Bertz CT molecular complexity index is 820. The van der Waals surface area contributed by atoms with Crippen LogP contribution in [0.15, 0.2) is 0 Å². The van der Waals surface area contributed by atoms with Crippen LogP contribution >= 0.6 is 0 Å². The molecule has 0 aromatic heterocycles. The van der Waals surface area contributed by atoms with Crippen LogP contribution in [0, 0.1) is 0 Å². The van der Waals surface area contributed by atoms with Gasteiger partial charge in [-0.15, -0.1) is 0 Å². The summed E-state index contributed by atoms with van der Waals surface area (Å²) in [4.78, 5) is 43.0. The molecule has 0 aromatic rings. The van der Waals surface area contributed by atoms with Gasteiger partial charge in [0.25, 0.3) is 0 Å². The van der Waals surface area contributed by atoms with Crippen LogP contribution in [-0.4, -0.2) is 74.9 Å². The van der Waals surface area contributed by atoms with Crippen LogP contribution in [0.1, 0.15) is 195 Å². The smallest absolute Gasteiger partial charge is 0.407 e. The van der Waals surface area contributed by atoms with Crippen LogP contribution in [0.3, 0.4) is 0 Å². The summed E-state index contributed by atoms with van der Waals surface area (Å²) in [5.74, 6) is -0.683. The van der Waals surface area contributed by atoms with Crippen molar-refractivity contribution in [2.75, 3.05) is 40.1 Å². The highest BCUT2D eigenvalue weighted by molar-refractivity contribution is 5.70. The Labute approximate surface area is 313 Å². The molecule has 0 radical (unpaired) electrons. The summed E-state index contributed by atoms with van der Waals surface area (Å²) in [6.07, 6.45) is 26.2. The van der Waals surface area contributed by atoms with Gasteiger partial charge in [-0.1, -0.05) is 142 Å². The maximum atomic E-state index is 12.6. The molecule has 51 heavy (non-hydrogen) atoms. The first-order valence-corrected chi connectivity index (χ1v) is 20.8. The van der Waals surface area contributed by atoms with Crippen LogP contribution in [0.25, 0.3) is 0 Å². The highest BCUT2D eigenvalue weighted by Crippen LogP contribution is 2.14. The molecule has 1 unspecified atom stereocenters. The number of nitrogens with zero attached hydrogens (tertiary/aromatic N) is 1. The van der Waals surface area contributed by atoms with Gasteiger partial charge in [0.15, 0.2) is 6.10 Å². The van der Waals surface area contributed by atoms with Crippen molar-refractivity contribution in [2.24, 2.45) is 0 Å². The van der Waals surface area contributed by atoms with E-state index in [9.17, 15) is 14.4 Å². The molecule has 0 saturated carbocycles. The summed E-state index contributed by atoms with van der Waals surface area (Å²) in [6, 6.07) is 0. The van der Waals surface area contributed by atoms with E-state index in [4.69, 9.17) is 23.8 Å². The lowest BCUT2D eigenvalue weighted by atomic mass is 10.1. The Morgan fingerprint density at radius 1 is 0.588 bits per heavy atom. The highest BCUT2D eigenvalue weighted by Gasteiger charge is 2.19. The monoisotopic (exact) mass is 729 g/mol. The number of unbranched alkanes of at least 4 members (excludes halogenated alkanes) is 20. The molecule has 1 N–H and O–H groups in total. The molecule has 0 fully saturated rings. The van der Waals surface area contributed by atoms with Crippen molar-refractivity contribution in [1.82, 2.24) is 10.4 Å². The summed E-state index contributed by atoms with van der Waals surface area (Å²) in [6.45, 7) is 11.2. The van der Waals surface area contributed by atoms with E-state index >= 15 is 0 Å². The molecule has 0 bridgehead atoms. The molecule has 0 aliphatic carbocycles. The Kier molecular flexibility index (Phi) is 33.8. The lowest BCUT2D eigenvalue weighted by Gasteiger charge is -2.24.